The van der Waals surface area contributed by atoms with Crippen LogP contribution in [0.25, 0.3) is 5.82 Å². The summed E-state index contributed by atoms with van der Waals surface area (Å²) in [6, 6.07) is 1.82. The van der Waals surface area contributed by atoms with Crippen LogP contribution in [0.3, 0.4) is 0 Å². The van der Waals surface area contributed by atoms with Crippen molar-refractivity contribution in [2.45, 2.75) is 19.7 Å². The van der Waals surface area contributed by atoms with Crippen molar-refractivity contribution in [2.24, 2.45) is 0 Å². The van der Waals surface area contributed by atoms with E-state index in [2.05, 4.69) is 15.1 Å². The summed E-state index contributed by atoms with van der Waals surface area (Å²) in [5, 5.41) is 4.81. The molecule has 0 radical (unpaired) electrons. The van der Waals surface area contributed by atoms with Gasteiger partial charge in [-0.25, -0.2) is 14.6 Å². The third kappa shape index (κ3) is 1.90. The van der Waals surface area contributed by atoms with E-state index in [1.54, 1.807) is 4.68 Å². The van der Waals surface area contributed by atoms with Crippen molar-refractivity contribution in [1.29, 1.82) is 0 Å². The zero-order chi connectivity index (χ0) is 11.7. The lowest BCUT2D eigenvalue weighted by Crippen LogP contribution is -2.01. The van der Waals surface area contributed by atoms with Crippen LogP contribution in [-0.4, -0.2) is 19.7 Å². The number of halogens is 2. The number of aryl methyl sites for hydroxylation is 2. The molecule has 2 aromatic rings. The van der Waals surface area contributed by atoms with Crippen LogP contribution in [0.4, 0.5) is 0 Å². The lowest BCUT2D eigenvalue weighted by Gasteiger charge is -2.02. The summed E-state index contributed by atoms with van der Waals surface area (Å²) in [7, 11) is 0. The first-order chi connectivity index (χ1) is 7.63. The Morgan fingerprint density at radius 2 is 2.06 bits per heavy atom. The van der Waals surface area contributed by atoms with Gasteiger partial charge in [-0.2, -0.15) is 5.10 Å². The maximum absolute atomic E-state index is 6.17. The zero-order valence-electron chi connectivity index (χ0n) is 8.91. The quantitative estimate of drug-likeness (QED) is 0.777. The van der Waals surface area contributed by atoms with Crippen LogP contribution < -0.4 is 0 Å². The van der Waals surface area contributed by atoms with E-state index in [-0.39, 0.29) is 0 Å². The van der Waals surface area contributed by atoms with Gasteiger partial charge in [0.1, 0.15) is 11.5 Å². The summed E-state index contributed by atoms with van der Waals surface area (Å²) in [4.78, 5) is 8.14. The Morgan fingerprint density at radius 3 is 2.62 bits per heavy atom. The molecule has 0 aromatic carbocycles. The molecule has 0 aliphatic rings. The van der Waals surface area contributed by atoms with E-state index in [9.17, 15) is 0 Å². The Hall–Kier alpha value is -1.13. The molecule has 0 aliphatic carbocycles. The molecule has 0 saturated heterocycles. The minimum absolute atomic E-state index is 0.342. The van der Waals surface area contributed by atoms with Gasteiger partial charge < -0.3 is 0 Å². The van der Waals surface area contributed by atoms with Gasteiger partial charge in [0.2, 0.25) is 0 Å². The largest absolute Gasteiger partial charge is 0.242 e. The molecular weight excluding hydrogens is 247 g/mol. The third-order valence-electron chi connectivity index (χ3n) is 2.26. The van der Waals surface area contributed by atoms with Crippen LogP contribution in [0.1, 0.15) is 17.0 Å². The lowest BCUT2D eigenvalue weighted by molar-refractivity contribution is 0.822. The number of hydrogen-bond donors (Lipinski definition) is 0. The SMILES string of the molecule is Cc1cc(-n2nc(C)c(CCl)c2Cl)ncn1. The monoisotopic (exact) mass is 256 g/mol. The summed E-state index contributed by atoms with van der Waals surface area (Å²) in [5.41, 5.74) is 2.51. The molecule has 0 saturated carbocycles. The molecule has 4 nitrogen and oxygen atoms in total. The first kappa shape index (κ1) is 11.4. The van der Waals surface area contributed by atoms with Crippen LogP contribution in [-0.2, 0) is 5.88 Å². The second kappa shape index (κ2) is 4.39. The van der Waals surface area contributed by atoms with E-state index in [1.165, 1.54) is 6.33 Å². The predicted octanol–water partition coefficient (Wildman–Crippen LogP) is 2.67. The number of hydrogen-bond acceptors (Lipinski definition) is 3. The molecule has 6 heteroatoms. The van der Waals surface area contributed by atoms with Crippen LogP contribution >= 0.6 is 23.2 Å². The van der Waals surface area contributed by atoms with E-state index in [4.69, 9.17) is 23.2 Å². The topological polar surface area (TPSA) is 43.6 Å². The first-order valence-corrected chi connectivity index (χ1v) is 5.63. The number of aromatic nitrogens is 4. The molecule has 2 heterocycles. The molecule has 84 valence electrons. The van der Waals surface area contributed by atoms with E-state index in [0.717, 1.165) is 17.0 Å². The fourth-order valence-electron chi connectivity index (χ4n) is 1.39. The lowest BCUT2D eigenvalue weighted by atomic mass is 10.3. The molecule has 0 bridgehead atoms. The Bertz CT molecular complexity index is 522. The van der Waals surface area contributed by atoms with E-state index in [0.29, 0.717) is 16.9 Å². The van der Waals surface area contributed by atoms with Crippen LogP contribution in [0, 0.1) is 13.8 Å². The summed E-state index contributed by atoms with van der Waals surface area (Å²) in [6.45, 7) is 3.76. The summed E-state index contributed by atoms with van der Waals surface area (Å²) >= 11 is 12.0. The van der Waals surface area contributed by atoms with Crippen molar-refractivity contribution in [1.82, 2.24) is 19.7 Å². The highest BCUT2D eigenvalue weighted by atomic mass is 35.5. The fourth-order valence-corrected chi connectivity index (χ4v) is 2.11. The summed E-state index contributed by atoms with van der Waals surface area (Å²) < 4.78 is 1.57. The van der Waals surface area contributed by atoms with Gasteiger partial charge in [-0.15, -0.1) is 11.6 Å². The van der Waals surface area contributed by atoms with Gasteiger partial charge in [0.05, 0.1) is 11.6 Å². The maximum atomic E-state index is 6.17. The fraction of sp³-hybridized carbons (Fsp3) is 0.300. The highest BCUT2D eigenvalue weighted by Crippen LogP contribution is 2.23. The maximum Gasteiger partial charge on any atom is 0.158 e. The highest BCUT2D eigenvalue weighted by molar-refractivity contribution is 6.31. The van der Waals surface area contributed by atoms with Gasteiger partial charge in [0.15, 0.2) is 5.82 Å². The van der Waals surface area contributed by atoms with E-state index in [1.807, 2.05) is 19.9 Å². The smallest absolute Gasteiger partial charge is 0.158 e. The Labute approximate surface area is 103 Å². The van der Waals surface area contributed by atoms with Crippen molar-refractivity contribution in [3.63, 3.8) is 0 Å². The van der Waals surface area contributed by atoms with Crippen LogP contribution in [0.5, 0.6) is 0 Å². The van der Waals surface area contributed by atoms with Gasteiger partial charge >= 0.3 is 0 Å². The molecule has 0 amide bonds. The summed E-state index contributed by atoms with van der Waals surface area (Å²) in [5.74, 6) is 0.992. The molecule has 0 fully saturated rings. The molecule has 0 spiro atoms. The van der Waals surface area contributed by atoms with Crippen molar-refractivity contribution in [2.75, 3.05) is 0 Å². The number of alkyl halides is 1. The highest BCUT2D eigenvalue weighted by Gasteiger charge is 2.14. The minimum atomic E-state index is 0.342. The van der Waals surface area contributed by atoms with Gasteiger partial charge in [-0.05, 0) is 13.8 Å². The molecule has 0 N–H and O–H groups in total. The molecule has 2 aromatic heterocycles. The summed E-state index contributed by atoms with van der Waals surface area (Å²) in [6.07, 6.45) is 1.48. The first-order valence-electron chi connectivity index (χ1n) is 4.72. The molecule has 16 heavy (non-hydrogen) atoms. The van der Waals surface area contributed by atoms with Gasteiger partial charge in [-0.3, -0.25) is 0 Å². The molecule has 0 unspecified atom stereocenters. The Balaban J connectivity index is 2.56. The average Bonchev–Trinajstić information content (AvgIpc) is 2.54. The van der Waals surface area contributed by atoms with Crippen molar-refractivity contribution < 1.29 is 0 Å². The van der Waals surface area contributed by atoms with Crippen LogP contribution in [0.2, 0.25) is 5.15 Å². The van der Waals surface area contributed by atoms with E-state index >= 15 is 0 Å². The third-order valence-corrected chi connectivity index (χ3v) is 2.92. The zero-order valence-corrected chi connectivity index (χ0v) is 10.4. The second-order valence-corrected chi connectivity index (χ2v) is 4.04. The van der Waals surface area contributed by atoms with Crippen molar-refractivity contribution in [3.05, 3.63) is 34.5 Å². The van der Waals surface area contributed by atoms with Gasteiger partial charge in [-0.1, -0.05) is 11.6 Å². The minimum Gasteiger partial charge on any atom is -0.242 e. The molecule has 0 atom stereocenters. The van der Waals surface area contributed by atoms with Gasteiger partial charge in [0.25, 0.3) is 0 Å². The van der Waals surface area contributed by atoms with Crippen LogP contribution in [0.15, 0.2) is 12.4 Å². The molecule has 0 aliphatic heterocycles. The second-order valence-electron chi connectivity index (χ2n) is 3.42. The van der Waals surface area contributed by atoms with Crippen molar-refractivity contribution >= 4 is 23.2 Å². The van der Waals surface area contributed by atoms with E-state index < -0.39 is 0 Å². The molecule has 2 rings (SSSR count). The number of nitrogens with zero attached hydrogens (tertiary/aromatic N) is 4. The molecular formula is C10H10Cl2N4. The van der Waals surface area contributed by atoms with Gasteiger partial charge in [0, 0.05) is 17.3 Å². The normalized spacial score (nSPS) is 10.8. The number of rotatable bonds is 2. The standard InChI is InChI=1S/C10H10Cl2N4/c1-6-3-9(14-5-13-6)16-10(12)8(4-11)7(2)15-16/h3,5H,4H2,1-2H3. The average molecular weight is 257 g/mol. The Kier molecular flexibility index (Phi) is 3.12. The predicted molar refractivity (Wildman–Crippen MR) is 63.2 cm³/mol. The Morgan fingerprint density at radius 1 is 1.31 bits per heavy atom. The van der Waals surface area contributed by atoms with Crippen molar-refractivity contribution in [3.8, 4) is 5.82 Å².